The molecule has 11 atom stereocenters. The molecule has 0 saturated heterocycles. The predicted octanol–water partition coefficient (Wildman–Crippen LogP) is -0.378. The Morgan fingerprint density at radius 3 is 0.689 bits per heavy atom. The second-order valence-electron chi connectivity index (χ2n) is 24.8. The lowest BCUT2D eigenvalue weighted by atomic mass is 9.93. The van der Waals surface area contributed by atoms with Gasteiger partial charge in [-0.25, -0.2) is 28.8 Å². The van der Waals surface area contributed by atoms with E-state index in [0.717, 1.165) is 6.92 Å². The summed E-state index contributed by atoms with van der Waals surface area (Å²) in [7, 11) is 0. The molecule has 0 aromatic rings. The molecule has 0 unspecified atom stereocenters. The van der Waals surface area contributed by atoms with Crippen molar-refractivity contribution in [1.29, 1.82) is 0 Å². The number of nitrogens with one attached hydrogen (secondary N) is 7. The van der Waals surface area contributed by atoms with Gasteiger partial charge in [0.1, 0.15) is 65.2 Å². The van der Waals surface area contributed by atoms with Crippen molar-refractivity contribution in [3.8, 4) is 0 Å². The molecule has 0 bridgehead atoms. The monoisotopic (exact) mass is 1470 g/mol. The Balaban J connectivity index is 0. The number of Topliss-reactive ketones (excluding diaryl/α,β-unsaturated/α-hetero) is 5. The molecule has 39 heteroatoms. The SMILES string of the molecule is CC(=O)C[C@@H](CCC(=O)N[C@@H](CCC(=O)C[C@@H](CCC(=O)N[C@@H](CCC(=O)N[C@@H](CCC(=O)N[C@@H](CCC(=O)C[C@@H](CCC(=O)N[C@@H](CCC(=O)C[C@@H](CCC(=O)N[C@@H](CCC(=O)NCCCC[C@H](C)C(C)=O)C(=O)O)C(=O)O)C(=O)O)C(=O)O)C(=O)O)C(=O)O)C(=O)O)C(=O)O)C(=O)O)C(=O)O.[HH]. The van der Waals surface area contributed by atoms with Gasteiger partial charge in [0.15, 0.2) is 0 Å². The van der Waals surface area contributed by atoms with Gasteiger partial charge in [-0.15, -0.1) is 0 Å². The molecule has 0 aliphatic carbocycles. The Kier molecular flexibility index (Phi) is 43.9. The molecule has 39 nitrogen and oxygen atoms in total. The first kappa shape index (κ1) is 92.3. The number of hydrogen-bond acceptors (Lipinski definition) is 22. The van der Waals surface area contributed by atoms with Crippen LogP contribution < -0.4 is 37.2 Å². The summed E-state index contributed by atoms with van der Waals surface area (Å²) in [5.41, 5.74) is 0. The summed E-state index contributed by atoms with van der Waals surface area (Å²) >= 11 is 0. The van der Waals surface area contributed by atoms with E-state index in [-0.39, 0.29) is 45.4 Å². The quantitative estimate of drug-likeness (QED) is 0.0345. The maximum atomic E-state index is 12.9. The molecule has 0 spiro atoms. The molecule has 103 heavy (non-hydrogen) atoms. The summed E-state index contributed by atoms with van der Waals surface area (Å²) in [6.45, 7) is 4.67. The third-order valence-corrected chi connectivity index (χ3v) is 16.2. The van der Waals surface area contributed by atoms with Gasteiger partial charge in [0.05, 0.1) is 23.7 Å². The van der Waals surface area contributed by atoms with Crippen LogP contribution in [0.25, 0.3) is 0 Å². The molecule has 0 aliphatic heterocycles. The molecule has 0 heterocycles. The minimum atomic E-state index is -1.85. The highest BCUT2D eigenvalue weighted by Crippen LogP contribution is 2.20. The van der Waals surface area contributed by atoms with Gasteiger partial charge in [-0.1, -0.05) is 13.3 Å². The number of aliphatic carboxylic acids is 10. The Labute approximate surface area is 590 Å². The molecule has 0 rings (SSSR count). The standard InChI is InChI=1S/C64H93N7O32.H2/c1-32(34(3)73)6-4-5-27-65-48(77)24-17-45(62(98)99)69-51(80)22-9-37(57(88)89)30-40(75)12-15-43(60(94)95)67-50(79)21-8-36(56(86)87)29-41(76)13-16-44(61(96)97)68-53(82)25-19-47(64(102)103)71-54(83)26-18-46(63(100)101)70-52(81)23-10-38(58(90)91)31-39(74)11-14-42(59(92)93)66-49(78)20-7-35(55(84)85)28-33(2)72;/h32,35-38,42-47H,4-31H2,1-3H3,(H,65,77)(H,66,78)(H,67,79)(H,68,82)(H,69,80)(H,70,81)(H,71,83)(H,84,85)(H,86,87)(H,88,89)(H,90,91)(H,92,93)(H,94,95)(H,96,97)(H,98,99)(H,100,101)(H,102,103);1H/t32-,35+,36+,37+,38+,42-,43-,44-,45-,46-,47-;/m0./s1. The first-order valence-corrected chi connectivity index (χ1v) is 32.9. The van der Waals surface area contributed by atoms with E-state index in [4.69, 9.17) is 0 Å². The normalized spacial score (nSPS) is 14.1. The molecule has 0 fully saturated rings. The van der Waals surface area contributed by atoms with Crippen LogP contribution >= 0.6 is 0 Å². The van der Waals surface area contributed by atoms with Gasteiger partial charge < -0.3 is 93.1 Å². The second kappa shape index (κ2) is 49.0. The summed E-state index contributed by atoms with van der Waals surface area (Å²) < 4.78 is 0. The van der Waals surface area contributed by atoms with E-state index in [0.29, 0.717) is 19.3 Å². The zero-order valence-corrected chi connectivity index (χ0v) is 57.1. The highest BCUT2D eigenvalue weighted by molar-refractivity contribution is 5.92. The van der Waals surface area contributed by atoms with E-state index in [9.17, 15) is 157 Å². The van der Waals surface area contributed by atoms with Crippen molar-refractivity contribution in [1.82, 2.24) is 37.2 Å². The number of carbonyl (C=O) groups excluding carboxylic acids is 12. The van der Waals surface area contributed by atoms with Crippen molar-refractivity contribution in [3.05, 3.63) is 0 Å². The summed E-state index contributed by atoms with van der Waals surface area (Å²) in [5, 5.41) is 112. The Morgan fingerprint density at radius 1 is 0.262 bits per heavy atom. The maximum Gasteiger partial charge on any atom is 0.326 e. The van der Waals surface area contributed by atoms with Gasteiger partial charge in [-0.3, -0.25) is 71.9 Å². The number of amides is 7. The highest BCUT2D eigenvalue weighted by Gasteiger charge is 2.33. The lowest BCUT2D eigenvalue weighted by Gasteiger charge is -2.18. The molecule has 0 aliphatic rings. The Bertz CT molecular complexity index is 3100. The molecule has 0 radical (unpaired) electrons. The Hall–Kier alpha value is -10.7. The van der Waals surface area contributed by atoms with Crippen LogP contribution in [-0.2, 0) is 105 Å². The van der Waals surface area contributed by atoms with Gasteiger partial charge in [-0.2, -0.15) is 0 Å². The van der Waals surface area contributed by atoms with E-state index in [1.54, 1.807) is 6.92 Å². The maximum absolute atomic E-state index is 12.9. The first-order valence-electron chi connectivity index (χ1n) is 32.9. The first-order chi connectivity index (χ1) is 48.0. The molecule has 0 aromatic carbocycles. The number of carbonyl (C=O) groups is 22. The van der Waals surface area contributed by atoms with Crippen LogP contribution in [0, 0.1) is 29.6 Å². The summed E-state index contributed by atoms with van der Waals surface area (Å²) in [6, 6.07) is -10.5. The number of ketones is 5. The molecule has 0 saturated carbocycles. The van der Waals surface area contributed by atoms with Gasteiger partial charge in [-0.05, 0) is 90.9 Å². The average molecular weight is 1470 g/mol. The minimum absolute atomic E-state index is 0. The summed E-state index contributed by atoms with van der Waals surface area (Å²) in [5.74, 6) is -31.4. The highest BCUT2D eigenvalue weighted by atomic mass is 16.4. The zero-order valence-electron chi connectivity index (χ0n) is 57.1. The van der Waals surface area contributed by atoms with Crippen molar-refractivity contribution in [2.24, 2.45) is 29.6 Å². The fourth-order valence-electron chi connectivity index (χ4n) is 9.93. The van der Waals surface area contributed by atoms with Gasteiger partial charge in [0.2, 0.25) is 41.4 Å². The smallest absolute Gasteiger partial charge is 0.326 e. The van der Waals surface area contributed by atoms with Crippen molar-refractivity contribution in [3.63, 3.8) is 0 Å². The van der Waals surface area contributed by atoms with Crippen LogP contribution in [0.5, 0.6) is 0 Å². The van der Waals surface area contributed by atoms with Crippen LogP contribution in [0.1, 0.15) is 196 Å². The predicted molar refractivity (Wildman–Crippen MR) is 347 cm³/mol. The van der Waals surface area contributed by atoms with Crippen LogP contribution in [-0.4, -0.2) is 224 Å². The molecule has 17 N–H and O–H groups in total. The summed E-state index contributed by atoms with van der Waals surface area (Å²) in [6.07, 6.45) is -12.2. The lowest BCUT2D eigenvalue weighted by molar-refractivity contribution is -0.145. The number of rotatable bonds is 60. The number of hydrogen-bond donors (Lipinski definition) is 17. The van der Waals surface area contributed by atoms with E-state index < -0.39 is 313 Å². The molecule has 0 aromatic heterocycles. The van der Waals surface area contributed by atoms with E-state index in [1.165, 1.54) is 6.92 Å². The van der Waals surface area contributed by atoms with Crippen LogP contribution in [0.4, 0.5) is 0 Å². The number of carboxylic acid groups (broad SMARTS) is 10. The molecule has 7 amide bonds. The second-order valence-corrected chi connectivity index (χ2v) is 24.8. The van der Waals surface area contributed by atoms with E-state index in [2.05, 4.69) is 26.6 Å². The lowest BCUT2D eigenvalue weighted by Crippen LogP contribution is -2.45. The number of carboxylic acids is 10. The molecular weight excluding hydrogens is 1380 g/mol. The van der Waals surface area contributed by atoms with Gasteiger partial charge in [0, 0.05) is 104 Å². The van der Waals surface area contributed by atoms with E-state index >= 15 is 0 Å². The van der Waals surface area contributed by atoms with Crippen LogP contribution in [0.3, 0.4) is 0 Å². The fourth-order valence-corrected chi connectivity index (χ4v) is 9.93. The van der Waals surface area contributed by atoms with Crippen LogP contribution in [0.2, 0.25) is 0 Å². The van der Waals surface area contributed by atoms with Gasteiger partial charge in [0.25, 0.3) is 0 Å². The third-order valence-electron chi connectivity index (χ3n) is 16.2. The molecular formula is C64H95N7O32. The molecule has 578 valence electrons. The van der Waals surface area contributed by atoms with Crippen molar-refractivity contribution < 1.29 is 158 Å². The van der Waals surface area contributed by atoms with Crippen molar-refractivity contribution >= 4 is 130 Å². The third kappa shape index (κ3) is 42.3. The Morgan fingerprint density at radius 2 is 0.476 bits per heavy atom. The topological polar surface area (TPSA) is 662 Å². The fraction of sp³-hybridized carbons (Fsp3) is 0.656. The number of unbranched alkanes of at least 4 members (excludes halogenated alkanes) is 1. The average Bonchev–Trinajstić information content (AvgIpc) is 0.911. The van der Waals surface area contributed by atoms with Crippen molar-refractivity contribution in [2.45, 2.75) is 230 Å². The van der Waals surface area contributed by atoms with Crippen molar-refractivity contribution in [2.75, 3.05) is 6.54 Å². The van der Waals surface area contributed by atoms with Crippen LogP contribution in [0.15, 0.2) is 0 Å². The van der Waals surface area contributed by atoms with Gasteiger partial charge >= 0.3 is 59.7 Å². The zero-order chi connectivity index (χ0) is 78.8. The largest absolute Gasteiger partial charge is 0.481 e. The minimum Gasteiger partial charge on any atom is -0.481 e. The van der Waals surface area contributed by atoms with E-state index in [1.807, 2.05) is 10.6 Å². The summed E-state index contributed by atoms with van der Waals surface area (Å²) in [4.78, 5) is 269.